The minimum atomic E-state index is -0.413. The number of halogens is 1. The Hall–Kier alpha value is -0.940. The molecule has 110 valence electrons. The van der Waals surface area contributed by atoms with Gasteiger partial charge in [-0.15, -0.1) is 0 Å². The van der Waals surface area contributed by atoms with Gasteiger partial charge in [0.1, 0.15) is 11.5 Å². The Morgan fingerprint density at radius 3 is 2.90 bits per heavy atom. The SMILES string of the molecule is CC(CN1CCSC(C)(C)C1)C(=O)c1ccc(F)cn1. The Labute approximate surface area is 124 Å². The smallest absolute Gasteiger partial charge is 0.185 e. The van der Waals surface area contributed by atoms with Crippen molar-refractivity contribution in [3.63, 3.8) is 0 Å². The van der Waals surface area contributed by atoms with Gasteiger partial charge in [-0.05, 0) is 26.0 Å². The molecule has 20 heavy (non-hydrogen) atoms. The number of nitrogens with zero attached hydrogens (tertiary/aromatic N) is 2. The van der Waals surface area contributed by atoms with Crippen molar-refractivity contribution < 1.29 is 9.18 Å². The van der Waals surface area contributed by atoms with Crippen LogP contribution < -0.4 is 0 Å². The summed E-state index contributed by atoms with van der Waals surface area (Å²) in [4.78, 5) is 18.5. The topological polar surface area (TPSA) is 33.2 Å². The third kappa shape index (κ3) is 4.03. The van der Waals surface area contributed by atoms with Crippen molar-refractivity contribution in [2.75, 3.05) is 25.4 Å². The van der Waals surface area contributed by atoms with Crippen LogP contribution in [0, 0.1) is 11.7 Å². The molecule has 1 atom stereocenters. The van der Waals surface area contributed by atoms with Crippen molar-refractivity contribution in [3.8, 4) is 0 Å². The van der Waals surface area contributed by atoms with Gasteiger partial charge in [-0.1, -0.05) is 6.92 Å². The largest absolute Gasteiger partial charge is 0.300 e. The fraction of sp³-hybridized carbons (Fsp3) is 0.600. The van der Waals surface area contributed by atoms with E-state index in [9.17, 15) is 9.18 Å². The summed E-state index contributed by atoms with van der Waals surface area (Å²) in [5.74, 6) is 0.555. The van der Waals surface area contributed by atoms with Crippen LogP contribution in [0.15, 0.2) is 18.3 Å². The highest BCUT2D eigenvalue weighted by Crippen LogP contribution is 2.29. The lowest BCUT2D eigenvalue weighted by Crippen LogP contribution is -2.45. The van der Waals surface area contributed by atoms with Crippen molar-refractivity contribution in [3.05, 3.63) is 29.8 Å². The number of rotatable bonds is 4. The number of carbonyl (C=O) groups excluding carboxylic acids is 1. The minimum absolute atomic E-state index is 0.0129. The molecule has 1 aromatic heterocycles. The van der Waals surface area contributed by atoms with Crippen molar-refractivity contribution in [2.45, 2.75) is 25.5 Å². The van der Waals surface area contributed by atoms with E-state index < -0.39 is 5.82 Å². The molecule has 1 aliphatic heterocycles. The van der Waals surface area contributed by atoms with Crippen LogP contribution in [-0.2, 0) is 0 Å². The molecule has 0 amide bonds. The number of thioether (sulfide) groups is 1. The van der Waals surface area contributed by atoms with E-state index in [1.165, 1.54) is 12.1 Å². The maximum Gasteiger partial charge on any atom is 0.185 e. The standard InChI is InChI=1S/C15H21FN2OS/c1-11(9-18-6-7-20-15(2,3)10-18)14(19)13-5-4-12(16)8-17-13/h4-5,8,11H,6-7,9-10H2,1-3H3. The molecule has 0 saturated carbocycles. The van der Waals surface area contributed by atoms with E-state index in [0.29, 0.717) is 5.69 Å². The van der Waals surface area contributed by atoms with Crippen molar-refractivity contribution >= 4 is 17.5 Å². The monoisotopic (exact) mass is 296 g/mol. The molecule has 1 saturated heterocycles. The van der Waals surface area contributed by atoms with Crippen LogP contribution in [0.5, 0.6) is 0 Å². The fourth-order valence-electron chi connectivity index (χ4n) is 2.51. The predicted molar refractivity (Wildman–Crippen MR) is 80.7 cm³/mol. The van der Waals surface area contributed by atoms with Crippen LogP contribution in [0.1, 0.15) is 31.3 Å². The van der Waals surface area contributed by atoms with Crippen molar-refractivity contribution in [2.24, 2.45) is 5.92 Å². The normalized spacial score (nSPS) is 20.6. The number of hydrogen-bond acceptors (Lipinski definition) is 4. The average molecular weight is 296 g/mol. The molecule has 0 bridgehead atoms. The first-order valence-corrected chi connectivity index (χ1v) is 7.88. The molecule has 1 aromatic rings. The molecule has 0 aromatic carbocycles. The lowest BCUT2D eigenvalue weighted by atomic mass is 10.0. The van der Waals surface area contributed by atoms with Gasteiger partial charge in [0.2, 0.25) is 0 Å². The van der Waals surface area contributed by atoms with E-state index in [1.54, 1.807) is 0 Å². The summed E-state index contributed by atoms with van der Waals surface area (Å²) >= 11 is 1.98. The van der Waals surface area contributed by atoms with E-state index in [4.69, 9.17) is 0 Å². The van der Waals surface area contributed by atoms with Crippen LogP contribution in [0.2, 0.25) is 0 Å². The van der Waals surface area contributed by atoms with Crippen LogP contribution in [0.4, 0.5) is 4.39 Å². The lowest BCUT2D eigenvalue weighted by Gasteiger charge is -2.38. The average Bonchev–Trinajstić information content (AvgIpc) is 2.37. The summed E-state index contributed by atoms with van der Waals surface area (Å²) in [6.07, 6.45) is 1.10. The van der Waals surface area contributed by atoms with Crippen LogP contribution in [0.3, 0.4) is 0 Å². The Morgan fingerprint density at radius 2 is 2.30 bits per heavy atom. The first kappa shape index (κ1) is 15.4. The van der Waals surface area contributed by atoms with Crippen LogP contribution in [0.25, 0.3) is 0 Å². The molecule has 1 fully saturated rings. The number of hydrogen-bond donors (Lipinski definition) is 0. The summed E-state index contributed by atoms with van der Waals surface area (Å²) in [7, 11) is 0. The Morgan fingerprint density at radius 1 is 1.55 bits per heavy atom. The van der Waals surface area contributed by atoms with E-state index in [-0.39, 0.29) is 16.4 Å². The second kappa shape index (κ2) is 6.22. The molecule has 2 rings (SSSR count). The summed E-state index contributed by atoms with van der Waals surface area (Å²) in [6.45, 7) is 9.13. The van der Waals surface area contributed by atoms with E-state index in [0.717, 1.165) is 31.6 Å². The van der Waals surface area contributed by atoms with E-state index in [2.05, 4.69) is 23.7 Å². The van der Waals surface area contributed by atoms with Crippen LogP contribution >= 0.6 is 11.8 Å². The second-order valence-electron chi connectivity index (χ2n) is 5.97. The van der Waals surface area contributed by atoms with Gasteiger partial charge in [0, 0.05) is 36.1 Å². The quantitative estimate of drug-likeness (QED) is 0.800. The molecule has 3 nitrogen and oxygen atoms in total. The summed E-state index contributed by atoms with van der Waals surface area (Å²) in [6, 6.07) is 2.75. The first-order chi connectivity index (χ1) is 9.37. The number of carbonyl (C=O) groups is 1. The predicted octanol–water partition coefficient (Wildman–Crippen LogP) is 2.87. The zero-order chi connectivity index (χ0) is 14.8. The Kier molecular flexibility index (Phi) is 4.81. The molecule has 0 radical (unpaired) electrons. The molecule has 1 unspecified atom stereocenters. The summed E-state index contributed by atoms with van der Waals surface area (Å²) in [5.41, 5.74) is 0.351. The molecule has 0 aliphatic carbocycles. The van der Waals surface area contributed by atoms with Gasteiger partial charge in [0.05, 0.1) is 6.20 Å². The maximum atomic E-state index is 12.8. The third-order valence-electron chi connectivity index (χ3n) is 3.46. The van der Waals surface area contributed by atoms with Crippen molar-refractivity contribution in [1.82, 2.24) is 9.88 Å². The third-order valence-corrected chi connectivity index (χ3v) is 4.76. The van der Waals surface area contributed by atoms with Gasteiger partial charge in [-0.3, -0.25) is 9.78 Å². The molecular formula is C15H21FN2OS. The maximum absolute atomic E-state index is 12.8. The minimum Gasteiger partial charge on any atom is -0.300 e. The van der Waals surface area contributed by atoms with Gasteiger partial charge < -0.3 is 4.90 Å². The van der Waals surface area contributed by atoms with Gasteiger partial charge in [0.25, 0.3) is 0 Å². The first-order valence-electron chi connectivity index (χ1n) is 6.89. The number of pyridine rings is 1. The van der Waals surface area contributed by atoms with Gasteiger partial charge in [-0.25, -0.2) is 4.39 Å². The molecule has 5 heteroatoms. The van der Waals surface area contributed by atoms with Crippen molar-refractivity contribution in [1.29, 1.82) is 0 Å². The molecule has 0 spiro atoms. The van der Waals surface area contributed by atoms with Crippen LogP contribution in [-0.4, -0.2) is 45.8 Å². The lowest BCUT2D eigenvalue weighted by molar-refractivity contribution is 0.0886. The number of ketones is 1. The molecular weight excluding hydrogens is 275 g/mol. The Balaban J connectivity index is 1.95. The fourth-order valence-corrected chi connectivity index (χ4v) is 3.69. The second-order valence-corrected chi connectivity index (χ2v) is 7.77. The van der Waals surface area contributed by atoms with E-state index >= 15 is 0 Å². The summed E-state index contributed by atoms with van der Waals surface area (Å²) in [5, 5.41) is 0. The highest BCUT2D eigenvalue weighted by molar-refractivity contribution is 8.00. The van der Waals surface area contributed by atoms with E-state index in [1.807, 2.05) is 18.7 Å². The summed E-state index contributed by atoms with van der Waals surface area (Å²) < 4.78 is 13.1. The highest BCUT2D eigenvalue weighted by atomic mass is 32.2. The molecule has 0 N–H and O–H groups in total. The molecule has 1 aliphatic rings. The number of aromatic nitrogens is 1. The zero-order valence-corrected chi connectivity index (χ0v) is 13.0. The van der Waals surface area contributed by atoms with Gasteiger partial charge in [-0.2, -0.15) is 11.8 Å². The van der Waals surface area contributed by atoms with Gasteiger partial charge >= 0.3 is 0 Å². The Bertz CT molecular complexity index is 475. The molecule has 2 heterocycles. The van der Waals surface area contributed by atoms with Gasteiger partial charge in [0.15, 0.2) is 5.78 Å². The highest BCUT2D eigenvalue weighted by Gasteiger charge is 2.29. The number of Topliss-reactive ketones (excluding diaryl/α,β-unsaturated/α-hetero) is 1. The zero-order valence-electron chi connectivity index (χ0n) is 12.2.